The zero-order valence-corrected chi connectivity index (χ0v) is 18.8. The molecule has 1 amide bonds. The highest BCUT2D eigenvalue weighted by Crippen LogP contribution is 2.45. The third kappa shape index (κ3) is 3.14. The van der Waals surface area contributed by atoms with Gasteiger partial charge in [0.2, 0.25) is 5.91 Å². The van der Waals surface area contributed by atoms with Gasteiger partial charge in [0.1, 0.15) is 5.58 Å². The summed E-state index contributed by atoms with van der Waals surface area (Å²) in [5.74, 6) is -0.0774. The fraction of sp³-hybridized carbons (Fsp3) is 0.133. The summed E-state index contributed by atoms with van der Waals surface area (Å²) in [5.41, 5.74) is 3.68. The molecule has 2 heterocycles. The van der Waals surface area contributed by atoms with Gasteiger partial charge in [0, 0.05) is 17.7 Å². The van der Waals surface area contributed by atoms with Crippen LogP contribution in [-0.2, 0) is 11.2 Å². The second-order valence-corrected chi connectivity index (χ2v) is 8.82. The lowest BCUT2D eigenvalue weighted by atomic mass is 9.81. The van der Waals surface area contributed by atoms with E-state index in [1.54, 1.807) is 6.92 Å². The number of hydrogen-bond donors (Lipinski definition) is 0. The third-order valence-corrected chi connectivity index (χ3v) is 6.89. The van der Waals surface area contributed by atoms with Crippen LogP contribution in [0.15, 0.2) is 106 Å². The molecular weight excluding hydrogens is 422 g/mol. The molecule has 1 aliphatic rings. The van der Waals surface area contributed by atoms with E-state index in [4.69, 9.17) is 4.42 Å². The van der Waals surface area contributed by atoms with Crippen molar-refractivity contribution < 1.29 is 9.21 Å². The molecule has 0 saturated heterocycles. The maximum atomic E-state index is 13.6. The van der Waals surface area contributed by atoms with Crippen LogP contribution in [0.25, 0.3) is 21.7 Å². The normalized spacial score (nSPS) is 17.6. The van der Waals surface area contributed by atoms with Crippen molar-refractivity contribution in [2.45, 2.75) is 25.4 Å². The number of hydrogen-bond acceptors (Lipinski definition) is 3. The molecule has 166 valence electrons. The van der Waals surface area contributed by atoms with E-state index in [1.807, 2.05) is 83.8 Å². The van der Waals surface area contributed by atoms with E-state index in [9.17, 15) is 9.59 Å². The second-order valence-electron chi connectivity index (χ2n) is 8.82. The van der Waals surface area contributed by atoms with E-state index in [-0.39, 0.29) is 17.6 Å². The highest BCUT2D eigenvalue weighted by atomic mass is 16.4. The first-order chi connectivity index (χ1) is 16.6. The quantitative estimate of drug-likeness (QED) is 0.241. The van der Waals surface area contributed by atoms with Crippen molar-refractivity contribution in [2.75, 3.05) is 0 Å². The molecule has 34 heavy (non-hydrogen) atoms. The molecule has 1 aromatic heterocycles. The van der Waals surface area contributed by atoms with Crippen LogP contribution in [0.1, 0.15) is 41.3 Å². The third-order valence-electron chi connectivity index (χ3n) is 6.89. The maximum Gasteiger partial charge on any atom is 0.342 e. The number of rotatable bonds is 2. The first-order valence-electron chi connectivity index (χ1n) is 11.5. The van der Waals surface area contributed by atoms with Gasteiger partial charge in [0.15, 0.2) is 0 Å². The molecule has 2 atom stereocenters. The van der Waals surface area contributed by atoms with Crippen molar-refractivity contribution in [1.82, 2.24) is 4.90 Å². The van der Waals surface area contributed by atoms with Gasteiger partial charge in [-0.15, -0.1) is 0 Å². The van der Waals surface area contributed by atoms with Gasteiger partial charge in [0.25, 0.3) is 0 Å². The Labute approximate surface area is 197 Å². The van der Waals surface area contributed by atoms with Gasteiger partial charge >= 0.3 is 5.63 Å². The van der Waals surface area contributed by atoms with Gasteiger partial charge in [-0.3, -0.25) is 4.79 Å². The molecule has 4 aromatic carbocycles. The van der Waals surface area contributed by atoms with Gasteiger partial charge in [-0.25, -0.2) is 4.79 Å². The molecule has 0 radical (unpaired) electrons. The summed E-state index contributed by atoms with van der Waals surface area (Å²) in [6.07, 6.45) is 0.544. The fourth-order valence-electron chi connectivity index (χ4n) is 5.43. The molecule has 4 heteroatoms. The summed E-state index contributed by atoms with van der Waals surface area (Å²) >= 11 is 0. The first-order valence-corrected chi connectivity index (χ1v) is 11.5. The van der Waals surface area contributed by atoms with Gasteiger partial charge in [-0.2, -0.15) is 0 Å². The Morgan fingerprint density at radius 3 is 2.15 bits per heavy atom. The number of benzene rings is 4. The van der Waals surface area contributed by atoms with Gasteiger partial charge in [-0.05, 0) is 28.5 Å². The maximum absolute atomic E-state index is 13.6. The van der Waals surface area contributed by atoms with Crippen LogP contribution in [0, 0.1) is 0 Å². The SMILES string of the molecule is CC(=O)N1C(c2ccccc2)Cc2c(c(=O)oc3c2ccc2ccccc23)C1c1ccccc1. The van der Waals surface area contributed by atoms with E-state index < -0.39 is 6.04 Å². The summed E-state index contributed by atoms with van der Waals surface area (Å²) < 4.78 is 6.00. The number of amides is 1. The second kappa shape index (κ2) is 7.99. The summed E-state index contributed by atoms with van der Waals surface area (Å²) in [7, 11) is 0. The van der Waals surface area contributed by atoms with E-state index in [2.05, 4.69) is 18.2 Å². The summed E-state index contributed by atoms with van der Waals surface area (Å²) in [6, 6.07) is 31.2. The van der Waals surface area contributed by atoms with Crippen molar-refractivity contribution in [2.24, 2.45) is 0 Å². The largest absolute Gasteiger partial charge is 0.422 e. The lowest BCUT2D eigenvalue weighted by Crippen LogP contribution is -2.44. The van der Waals surface area contributed by atoms with Crippen LogP contribution in [0.5, 0.6) is 0 Å². The van der Waals surface area contributed by atoms with Crippen LogP contribution in [-0.4, -0.2) is 10.8 Å². The Hall–Kier alpha value is -4.18. The molecule has 4 nitrogen and oxygen atoms in total. The van der Waals surface area contributed by atoms with E-state index in [1.165, 1.54) is 0 Å². The molecule has 6 rings (SSSR count). The highest BCUT2D eigenvalue weighted by Gasteiger charge is 2.41. The molecular formula is C30H23NO3. The Balaban J connectivity index is 1.71. The van der Waals surface area contributed by atoms with Crippen molar-refractivity contribution in [3.63, 3.8) is 0 Å². The van der Waals surface area contributed by atoms with E-state index >= 15 is 0 Å². The van der Waals surface area contributed by atoms with Crippen LogP contribution < -0.4 is 5.63 Å². The van der Waals surface area contributed by atoms with Gasteiger partial charge in [-0.1, -0.05) is 97.1 Å². The molecule has 2 unspecified atom stereocenters. The Bertz CT molecular complexity index is 1590. The fourth-order valence-corrected chi connectivity index (χ4v) is 5.43. The van der Waals surface area contributed by atoms with E-state index in [0.717, 1.165) is 32.8 Å². The lowest BCUT2D eigenvalue weighted by Gasteiger charge is -2.43. The topological polar surface area (TPSA) is 50.5 Å². The minimum Gasteiger partial charge on any atom is -0.422 e. The zero-order chi connectivity index (χ0) is 23.2. The first kappa shape index (κ1) is 20.4. The monoisotopic (exact) mass is 445 g/mol. The molecule has 0 spiro atoms. The minimum atomic E-state index is -0.528. The van der Waals surface area contributed by atoms with Crippen molar-refractivity contribution in [3.8, 4) is 0 Å². The summed E-state index contributed by atoms with van der Waals surface area (Å²) in [6.45, 7) is 1.58. The Kier molecular flexibility index (Phi) is 4.80. The Morgan fingerprint density at radius 1 is 0.794 bits per heavy atom. The predicted molar refractivity (Wildman–Crippen MR) is 134 cm³/mol. The molecule has 0 fully saturated rings. The van der Waals surface area contributed by atoms with Crippen LogP contribution in [0.3, 0.4) is 0 Å². The Morgan fingerprint density at radius 2 is 1.44 bits per heavy atom. The predicted octanol–water partition coefficient (Wildman–Crippen LogP) is 6.18. The standard InChI is InChI=1S/C30H23NO3/c1-19(32)31-26(21-11-4-2-5-12-21)18-25-24-17-16-20-10-8-9-15-23(20)29(24)34-30(33)27(25)28(31)22-13-6-3-7-14-22/h2-17,26,28H,18H2,1H3. The number of nitrogens with zero attached hydrogens (tertiary/aromatic N) is 1. The summed E-state index contributed by atoms with van der Waals surface area (Å²) in [5, 5.41) is 2.87. The smallest absolute Gasteiger partial charge is 0.342 e. The molecule has 0 saturated carbocycles. The van der Waals surface area contributed by atoms with Crippen LogP contribution in [0.4, 0.5) is 0 Å². The number of fused-ring (bicyclic) bond motifs is 5. The number of carbonyl (C=O) groups is 1. The molecule has 5 aromatic rings. The molecule has 0 bridgehead atoms. The average Bonchev–Trinajstić information content (AvgIpc) is 2.88. The van der Waals surface area contributed by atoms with E-state index in [0.29, 0.717) is 17.6 Å². The van der Waals surface area contributed by atoms with Gasteiger partial charge in [0.05, 0.1) is 17.6 Å². The van der Waals surface area contributed by atoms with Gasteiger partial charge < -0.3 is 9.32 Å². The zero-order valence-electron chi connectivity index (χ0n) is 18.8. The molecule has 1 aliphatic heterocycles. The molecule has 0 N–H and O–H groups in total. The van der Waals surface area contributed by atoms with Crippen molar-refractivity contribution in [3.05, 3.63) is 130 Å². The average molecular weight is 446 g/mol. The van der Waals surface area contributed by atoms with Crippen molar-refractivity contribution >= 4 is 27.6 Å². The van der Waals surface area contributed by atoms with Crippen molar-refractivity contribution in [1.29, 1.82) is 0 Å². The van der Waals surface area contributed by atoms with Crippen LogP contribution >= 0.6 is 0 Å². The lowest BCUT2D eigenvalue weighted by molar-refractivity contribution is -0.134. The number of carbonyl (C=O) groups excluding carboxylic acids is 1. The molecule has 0 aliphatic carbocycles. The summed E-state index contributed by atoms with van der Waals surface area (Å²) in [4.78, 5) is 28.6. The minimum absolute atomic E-state index is 0.0774. The highest BCUT2D eigenvalue weighted by molar-refractivity contribution is 6.05. The van der Waals surface area contributed by atoms with Crippen LogP contribution in [0.2, 0.25) is 0 Å².